The lowest BCUT2D eigenvalue weighted by Gasteiger charge is -2.31. The van der Waals surface area contributed by atoms with Gasteiger partial charge < -0.3 is 20.0 Å². The second-order valence-corrected chi connectivity index (χ2v) is 7.44. The summed E-state index contributed by atoms with van der Waals surface area (Å²) in [5, 5.41) is 5.51. The van der Waals surface area contributed by atoms with Gasteiger partial charge in [0.25, 0.3) is 5.91 Å². The molecule has 2 N–H and O–H groups in total. The molecule has 8 heteroatoms. The highest BCUT2D eigenvalue weighted by atomic mass is 19.1. The normalized spacial score (nSPS) is 14.6. The van der Waals surface area contributed by atoms with Crippen LogP contribution in [0.25, 0.3) is 0 Å². The van der Waals surface area contributed by atoms with E-state index in [-0.39, 0.29) is 30.8 Å². The number of furan rings is 1. The first kappa shape index (κ1) is 22.3. The minimum absolute atomic E-state index is 0.0507. The van der Waals surface area contributed by atoms with Crippen LogP contribution in [0.15, 0.2) is 59.7 Å². The number of amides is 3. The van der Waals surface area contributed by atoms with Gasteiger partial charge in [-0.25, -0.2) is 4.39 Å². The van der Waals surface area contributed by atoms with Crippen LogP contribution in [0, 0.1) is 5.82 Å². The zero-order chi connectivity index (χ0) is 22.2. The fourth-order valence-corrected chi connectivity index (χ4v) is 3.71. The first-order valence-corrected chi connectivity index (χ1v) is 10.3. The molecule has 1 aliphatic rings. The maximum absolute atomic E-state index is 13.5. The number of hydrogen-bond acceptors (Lipinski definition) is 4. The molecule has 1 atom stereocenters. The van der Waals surface area contributed by atoms with E-state index in [1.807, 2.05) is 0 Å². The van der Waals surface area contributed by atoms with Crippen molar-refractivity contribution in [2.45, 2.75) is 37.8 Å². The molecular weight excluding hydrogens is 401 g/mol. The van der Waals surface area contributed by atoms with Gasteiger partial charge in [0, 0.05) is 12.6 Å². The smallest absolute Gasteiger partial charge is 0.287 e. The average Bonchev–Trinajstić information content (AvgIpc) is 3.47. The number of carbonyl (C=O) groups is 3. The van der Waals surface area contributed by atoms with Crippen molar-refractivity contribution >= 4 is 17.7 Å². The molecule has 1 heterocycles. The number of nitrogens with one attached hydrogen (secondary N) is 2. The third kappa shape index (κ3) is 5.81. The quantitative estimate of drug-likeness (QED) is 0.602. The Labute approximate surface area is 180 Å². The fraction of sp³-hybridized carbons (Fsp3) is 0.348. The first-order chi connectivity index (χ1) is 15.0. The molecule has 3 amide bonds. The zero-order valence-corrected chi connectivity index (χ0v) is 17.2. The summed E-state index contributed by atoms with van der Waals surface area (Å²) in [6, 6.07) is 7.59. The molecule has 1 saturated carbocycles. The average molecular weight is 427 g/mol. The van der Waals surface area contributed by atoms with Gasteiger partial charge in [-0.2, -0.15) is 0 Å². The van der Waals surface area contributed by atoms with Crippen molar-refractivity contribution in [1.29, 1.82) is 0 Å². The van der Waals surface area contributed by atoms with Crippen LogP contribution in [0.4, 0.5) is 4.39 Å². The van der Waals surface area contributed by atoms with E-state index < -0.39 is 23.7 Å². The van der Waals surface area contributed by atoms with Gasteiger partial charge in [-0.1, -0.05) is 31.1 Å². The van der Waals surface area contributed by atoms with Gasteiger partial charge in [0.2, 0.25) is 11.8 Å². The van der Waals surface area contributed by atoms with Crippen LogP contribution in [-0.4, -0.2) is 41.8 Å². The van der Waals surface area contributed by atoms with Crippen LogP contribution < -0.4 is 10.6 Å². The molecule has 0 unspecified atom stereocenters. The van der Waals surface area contributed by atoms with E-state index in [2.05, 4.69) is 17.2 Å². The second kappa shape index (κ2) is 10.6. The topological polar surface area (TPSA) is 91.7 Å². The Bertz CT molecular complexity index is 905. The molecule has 1 aliphatic carbocycles. The molecule has 2 aromatic rings. The molecule has 3 rings (SSSR count). The van der Waals surface area contributed by atoms with Gasteiger partial charge >= 0.3 is 0 Å². The summed E-state index contributed by atoms with van der Waals surface area (Å²) in [7, 11) is 0. The summed E-state index contributed by atoms with van der Waals surface area (Å²) in [6.45, 7) is 3.43. The molecule has 7 nitrogen and oxygen atoms in total. The van der Waals surface area contributed by atoms with Crippen molar-refractivity contribution in [2.75, 3.05) is 13.1 Å². The zero-order valence-electron chi connectivity index (χ0n) is 17.2. The highest BCUT2D eigenvalue weighted by molar-refractivity contribution is 5.95. The van der Waals surface area contributed by atoms with Crippen LogP contribution in [0.1, 0.15) is 47.8 Å². The largest absolute Gasteiger partial charge is 0.459 e. The Morgan fingerprint density at radius 2 is 1.90 bits per heavy atom. The van der Waals surface area contributed by atoms with E-state index in [0.717, 1.165) is 25.7 Å². The van der Waals surface area contributed by atoms with Gasteiger partial charge in [-0.05, 0) is 42.7 Å². The summed E-state index contributed by atoms with van der Waals surface area (Å²) in [5.41, 5.74) is 0.476. The van der Waals surface area contributed by atoms with E-state index in [4.69, 9.17) is 4.42 Å². The van der Waals surface area contributed by atoms with Gasteiger partial charge in [0.15, 0.2) is 5.76 Å². The van der Waals surface area contributed by atoms with E-state index in [1.54, 1.807) is 6.07 Å². The molecular formula is C23H26FN3O4. The summed E-state index contributed by atoms with van der Waals surface area (Å²) in [6.07, 6.45) is 6.72. The number of halogens is 1. The number of nitrogens with zero attached hydrogens (tertiary/aromatic N) is 1. The van der Waals surface area contributed by atoms with Crippen molar-refractivity contribution in [3.63, 3.8) is 0 Å². The lowest BCUT2D eigenvalue weighted by molar-refractivity contribution is -0.139. The summed E-state index contributed by atoms with van der Waals surface area (Å²) in [5.74, 6) is -1.71. The molecule has 1 aromatic heterocycles. The third-order valence-electron chi connectivity index (χ3n) is 5.24. The van der Waals surface area contributed by atoms with Crippen LogP contribution in [0.3, 0.4) is 0 Å². The summed E-state index contributed by atoms with van der Waals surface area (Å²) < 4.78 is 18.5. The Morgan fingerprint density at radius 3 is 2.52 bits per heavy atom. The number of hydrogen-bond donors (Lipinski definition) is 2. The van der Waals surface area contributed by atoms with Gasteiger partial charge in [-0.3, -0.25) is 14.4 Å². The van der Waals surface area contributed by atoms with Gasteiger partial charge in [0.05, 0.1) is 12.8 Å². The van der Waals surface area contributed by atoms with Crippen molar-refractivity contribution in [2.24, 2.45) is 0 Å². The monoisotopic (exact) mass is 427 g/mol. The highest BCUT2D eigenvalue weighted by Crippen LogP contribution is 2.24. The predicted molar refractivity (Wildman–Crippen MR) is 112 cm³/mol. The van der Waals surface area contributed by atoms with Crippen molar-refractivity contribution in [3.8, 4) is 0 Å². The van der Waals surface area contributed by atoms with Crippen LogP contribution in [0.2, 0.25) is 0 Å². The number of rotatable bonds is 9. The molecule has 1 fully saturated rings. The number of carbonyl (C=O) groups excluding carboxylic acids is 3. The molecule has 0 spiro atoms. The van der Waals surface area contributed by atoms with Gasteiger partial charge in [0.1, 0.15) is 11.9 Å². The van der Waals surface area contributed by atoms with E-state index >= 15 is 0 Å². The second-order valence-electron chi connectivity index (χ2n) is 7.44. The molecule has 31 heavy (non-hydrogen) atoms. The molecule has 164 valence electrons. The maximum Gasteiger partial charge on any atom is 0.287 e. The Morgan fingerprint density at radius 1 is 1.19 bits per heavy atom. The summed E-state index contributed by atoms with van der Waals surface area (Å²) in [4.78, 5) is 39.6. The minimum atomic E-state index is -0.979. The Kier molecular flexibility index (Phi) is 7.59. The Balaban J connectivity index is 1.80. The number of benzene rings is 1. The maximum atomic E-state index is 13.5. The van der Waals surface area contributed by atoms with Gasteiger partial charge in [-0.15, -0.1) is 6.58 Å². The van der Waals surface area contributed by atoms with Crippen LogP contribution in [0.5, 0.6) is 0 Å². The van der Waals surface area contributed by atoms with Crippen molar-refractivity contribution < 1.29 is 23.2 Å². The highest BCUT2D eigenvalue weighted by Gasteiger charge is 2.32. The van der Waals surface area contributed by atoms with E-state index in [1.165, 1.54) is 47.6 Å². The third-order valence-corrected chi connectivity index (χ3v) is 5.24. The lowest BCUT2D eigenvalue weighted by Crippen LogP contribution is -2.48. The molecule has 0 bridgehead atoms. The predicted octanol–water partition coefficient (Wildman–Crippen LogP) is 2.96. The van der Waals surface area contributed by atoms with Crippen molar-refractivity contribution in [3.05, 3.63) is 72.5 Å². The fourth-order valence-electron chi connectivity index (χ4n) is 3.71. The SMILES string of the molecule is C=CCN(C(=O)CNC(=O)c1ccco1)[C@@H](C(=O)NC1CCCC1)c1ccc(F)cc1. The molecule has 0 aliphatic heterocycles. The lowest BCUT2D eigenvalue weighted by atomic mass is 10.0. The standard InChI is InChI=1S/C23H26FN3O4/c1-2-13-27(20(28)15-25-22(29)19-8-5-14-31-19)21(16-9-11-17(24)12-10-16)23(30)26-18-6-3-4-7-18/h2,5,8-12,14,18,21H,1,3-4,6-7,13,15H2,(H,25,29)(H,26,30)/t21-/m1/s1. The van der Waals surface area contributed by atoms with Crippen LogP contribution >= 0.6 is 0 Å². The van der Waals surface area contributed by atoms with E-state index in [9.17, 15) is 18.8 Å². The minimum Gasteiger partial charge on any atom is -0.459 e. The van der Waals surface area contributed by atoms with E-state index in [0.29, 0.717) is 5.56 Å². The Hall–Kier alpha value is -3.42. The molecule has 1 aromatic carbocycles. The molecule has 0 saturated heterocycles. The first-order valence-electron chi connectivity index (χ1n) is 10.3. The van der Waals surface area contributed by atoms with Crippen molar-refractivity contribution in [1.82, 2.24) is 15.5 Å². The summed E-state index contributed by atoms with van der Waals surface area (Å²) >= 11 is 0. The van der Waals surface area contributed by atoms with Crippen LogP contribution in [-0.2, 0) is 9.59 Å². The molecule has 0 radical (unpaired) electrons.